The van der Waals surface area contributed by atoms with Gasteiger partial charge in [0.05, 0.1) is 24.3 Å². The number of carbonyl (C=O) groups is 2. The van der Waals surface area contributed by atoms with Gasteiger partial charge < -0.3 is 29.5 Å². The van der Waals surface area contributed by atoms with Crippen molar-refractivity contribution in [3.8, 4) is 17.2 Å². The summed E-state index contributed by atoms with van der Waals surface area (Å²) in [6.45, 7) is 8.92. The van der Waals surface area contributed by atoms with Crippen LogP contribution in [-0.4, -0.2) is 71.6 Å². The van der Waals surface area contributed by atoms with Gasteiger partial charge in [-0.2, -0.15) is 0 Å². The second-order valence-corrected chi connectivity index (χ2v) is 9.46. The van der Waals surface area contributed by atoms with Gasteiger partial charge in [-0.1, -0.05) is 6.07 Å². The van der Waals surface area contributed by atoms with Crippen molar-refractivity contribution in [2.75, 3.05) is 33.8 Å². The molecule has 8 heteroatoms. The van der Waals surface area contributed by atoms with E-state index in [0.29, 0.717) is 36.4 Å². The number of phenols is 1. The quantitative estimate of drug-likeness (QED) is 0.288. The molecule has 3 rings (SSSR count). The minimum Gasteiger partial charge on any atom is -0.507 e. The zero-order chi connectivity index (χ0) is 26.6. The number of aryl methyl sites for hydroxylation is 1. The summed E-state index contributed by atoms with van der Waals surface area (Å²) in [5.74, 6) is -0.765. The van der Waals surface area contributed by atoms with Crippen molar-refractivity contribution < 1.29 is 29.3 Å². The number of nitrogens with zero attached hydrogens (tertiary/aromatic N) is 2. The SMILES string of the molecule is CCOc1cc(C2/C(=C(\O)c3ccc(OC(C)C)c(C)c3)C(=O)C(=O)N2CCCN(C)C)ccc1O. The van der Waals surface area contributed by atoms with Gasteiger partial charge in [0.2, 0.25) is 0 Å². The Balaban J connectivity index is 2.13. The maximum Gasteiger partial charge on any atom is 0.295 e. The van der Waals surface area contributed by atoms with Crippen LogP contribution in [0.25, 0.3) is 5.76 Å². The molecule has 1 saturated heterocycles. The average molecular weight is 497 g/mol. The maximum absolute atomic E-state index is 13.3. The van der Waals surface area contributed by atoms with E-state index < -0.39 is 17.7 Å². The van der Waals surface area contributed by atoms with Crippen molar-refractivity contribution in [2.45, 2.75) is 46.3 Å². The molecular formula is C28H36N2O6. The summed E-state index contributed by atoms with van der Waals surface area (Å²) in [5.41, 5.74) is 1.80. The molecule has 1 unspecified atom stereocenters. The van der Waals surface area contributed by atoms with Crippen molar-refractivity contribution in [2.24, 2.45) is 0 Å². The lowest BCUT2D eigenvalue weighted by Gasteiger charge is -2.26. The zero-order valence-electron chi connectivity index (χ0n) is 21.9. The molecule has 1 fully saturated rings. The molecule has 194 valence electrons. The highest BCUT2D eigenvalue weighted by molar-refractivity contribution is 6.46. The van der Waals surface area contributed by atoms with E-state index >= 15 is 0 Å². The van der Waals surface area contributed by atoms with E-state index in [0.717, 1.165) is 12.1 Å². The van der Waals surface area contributed by atoms with E-state index in [1.807, 2.05) is 39.8 Å². The number of likely N-dealkylation sites (tertiary alicyclic amines) is 1. The minimum absolute atomic E-state index is 0.00918. The first kappa shape index (κ1) is 27.1. The number of ketones is 1. The molecule has 1 amide bonds. The first-order chi connectivity index (χ1) is 17.0. The largest absolute Gasteiger partial charge is 0.507 e. The van der Waals surface area contributed by atoms with Crippen LogP contribution in [0.5, 0.6) is 17.2 Å². The Kier molecular flexibility index (Phi) is 8.63. The van der Waals surface area contributed by atoms with E-state index in [4.69, 9.17) is 9.47 Å². The molecule has 0 bridgehead atoms. The number of carbonyl (C=O) groups excluding carboxylic acids is 2. The summed E-state index contributed by atoms with van der Waals surface area (Å²) < 4.78 is 11.3. The molecule has 8 nitrogen and oxygen atoms in total. The van der Waals surface area contributed by atoms with Gasteiger partial charge in [-0.05, 0) is 96.2 Å². The molecule has 0 spiro atoms. The predicted octanol–water partition coefficient (Wildman–Crippen LogP) is 4.26. The number of benzene rings is 2. The highest BCUT2D eigenvalue weighted by Gasteiger charge is 2.46. The molecule has 2 N–H and O–H groups in total. The van der Waals surface area contributed by atoms with Crippen molar-refractivity contribution in [1.29, 1.82) is 0 Å². The zero-order valence-corrected chi connectivity index (χ0v) is 21.9. The van der Waals surface area contributed by atoms with Gasteiger partial charge in [0.25, 0.3) is 11.7 Å². The number of Topliss-reactive ketones (excluding diaryl/α,β-unsaturated/α-hetero) is 1. The van der Waals surface area contributed by atoms with Crippen LogP contribution in [-0.2, 0) is 9.59 Å². The average Bonchev–Trinajstić information content (AvgIpc) is 3.06. The van der Waals surface area contributed by atoms with Crippen LogP contribution < -0.4 is 9.47 Å². The first-order valence-electron chi connectivity index (χ1n) is 12.2. The van der Waals surface area contributed by atoms with Crippen LogP contribution in [0.3, 0.4) is 0 Å². The van der Waals surface area contributed by atoms with Gasteiger partial charge >= 0.3 is 0 Å². The number of phenolic OH excluding ortho intramolecular Hbond substituents is 1. The number of aliphatic hydroxyl groups excluding tert-OH is 1. The van der Waals surface area contributed by atoms with Gasteiger partial charge in [-0.25, -0.2) is 0 Å². The highest BCUT2D eigenvalue weighted by Crippen LogP contribution is 2.42. The lowest BCUT2D eigenvalue weighted by Crippen LogP contribution is -2.32. The van der Waals surface area contributed by atoms with Crippen molar-refractivity contribution in [3.63, 3.8) is 0 Å². The molecule has 2 aromatic rings. The number of ether oxygens (including phenoxy) is 2. The Morgan fingerprint density at radius 1 is 1.11 bits per heavy atom. The van der Waals surface area contributed by atoms with Gasteiger partial charge in [-0.15, -0.1) is 0 Å². The van der Waals surface area contributed by atoms with Crippen LogP contribution in [0.15, 0.2) is 42.0 Å². The second-order valence-electron chi connectivity index (χ2n) is 9.46. The van der Waals surface area contributed by atoms with Crippen molar-refractivity contribution >= 4 is 17.4 Å². The maximum atomic E-state index is 13.3. The molecule has 0 aromatic heterocycles. The molecule has 1 heterocycles. The van der Waals surface area contributed by atoms with Gasteiger partial charge in [0, 0.05) is 12.1 Å². The monoisotopic (exact) mass is 496 g/mol. The lowest BCUT2D eigenvalue weighted by atomic mass is 9.94. The number of amides is 1. The molecule has 0 saturated carbocycles. The Morgan fingerprint density at radius 3 is 2.44 bits per heavy atom. The van der Waals surface area contributed by atoms with E-state index in [2.05, 4.69) is 0 Å². The minimum atomic E-state index is -0.820. The van der Waals surface area contributed by atoms with E-state index in [1.165, 1.54) is 11.0 Å². The number of rotatable bonds is 10. The smallest absolute Gasteiger partial charge is 0.295 e. The molecular weight excluding hydrogens is 460 g/mol. The topological polar surface area (TPSA) is 99.5 Å². The predicted molar refractivity (Wildman–Crippen MR) is 138 cm³/mol. The fourth-order valence-electron chi connectivity index (χ4n) is 4.32. The summed E-state index contributed by atoms with van der Waals surface area (Å²) in [6.07, 6.45) is 0.637. The number of aliphatic hydroxyl groups is 1. The highest BCUT2D eigenvalue weighted by atomic mass is 16.5. The van der Waals surface area contributed by atoms with Gasteiger partial charge in [0.15, 0.2) is 11.5 Å². The fourth-order valence-corrected chi connectivity index (χ4v) is 4.32. The molecule has 0 aliphatic carbocycles. The summed E-state index contributed by atoms with van der Waals surface area (Å²) in [6, 6.07) is 9.09. The van der Waals surface area contributed by atoms with Crippen LogP contribution in [0, 0.1) is 6.92 Å². The molecule has 1 aliphatic heterocycles. The lowest BCUT2D eigenvalue weighted by molar-refractivity contribution is -0.139. The summed E-state index contributed by atoms with van der Waals surface area (Å²) in [5, 5.41) is 21.5. The van der Waals surface area contributed by atoms with Gasteiger partial charge in [-0.3, -0.25) is 9.59 Å². The third-order valence-corrected chi connectivity index (χ3v) is 5.95. The standard InChI is InChI=1S/C28H36N2O6/c1-7-35-23-16-19(9-11-21(23)31)25-24(27(33)28(34)30(25)14-8-13-29(5)6)26(32)20-10-12-22(18(4)15-20)36-17(2)3/h9-12,15-17,25,31-32H,7-8,13-14H2,1-6H3/b26-24+. The van der Waals surface area contributed by atoms with Crippen molar-refractivity contribution in [1.82, 2.24) is 9.80 Å². The fraction of sp³-hybridized carbons (Fsp3) is 0.429. The number of aromatic hydroxyl groups is 1. The summed E-state index contributed by atoms with van der Waals surface area (Å²) in [4.78, 5) is 29.9. The summed E-state index contributed by atoms with van der Waals surface area (Å²) in [7, 11) is 3.88. The molecule has 1 aliphatic rings. The van der Waals surface area contributed by atoms with E-state index in [-0.39, 0.29) is 28.9 Å². The van der Waals surface area contributed by atoms with Crippen LogP contribution in [0.4, 0.5) is 0 Å². The first-order valence-corrected chi connectivity index (χ1v) is 12.2. The third-order valence-electron chi connectivity index (χ3n) is 5.95. The van der Waals surface area contributed by atoms with Crippen LogP contribution in [0.1, 0.15) is 49.9 Å². The van der Waals surface area contributed by atoms with E-state index in [9.17, 15) is 19.8 Å². The third kappa shape index (κ3) is 5.82. The second kappa shape index (κ2) is 11.5. The van der Waals surface area contributed by atoms with E-state index in [1.54, 1.807) is 37.3 Å². The van der Waals surface area contributed by atoms with Crippen LogP contribution >= 0.6 is 0 Å². The molecule has 2 aromatic carbocycles. The summed E-state index contributed by atoms with van der Waals surface area (Å²) >= 11 is 0. The van der Waals surface area contributed by atoms with Gasteiger partial charge in [0.1, 0.15) is 11.5 Å². The Bertz CT molecular complexity index is 1150. The number of hydrogen-bond acceptors (Lipinski definition) is 7. The Labute approximate surface area is 212 Å². The Morgan fingerprint density at radius 2 is 1.83 bits per heavy atom. The molecule has 1 atom stereocenters. The molecule has 0 radical (unpaired) electrons. The van der Waals surface area contributed by atoms with Crippen molar-refractivity contribution in [3.05, 3.63) is 58.7 Å². The number of hydrogen-bond donors (Lipinski definition) is 2. The van der Waals surface area contributed by atoms with Crippen LogP contribution in [0.2, 0.25) is 0 Å². The Hall–Kier alpha value is -3.52. The normalized spacial score (nSPS) is 17.3. The molecule has 36 heavy (non-hydrogen) atoms.